The molecule has 5 heteroatoms. The highest BCUT2D eigenvalue weighted by Gasteiger charge is 2.21. The number of aliphatic carboxylic acids is 1. The summed E-state index contributed by atoms with van der Waals surface area (Å²) in [5.74, 6) is -0.941. The fourth-order valence-electron chi connectivity index (χ4n) is 1.88. The molecule has 0 aliphatic rings. The van der Waals surface area contributed by atoms with Crippen molar-refractivity contribution in [3.63, 3.8) is 0 Å². The molecule has 0 aliphatic heterocycles. The summed E-state index contributed by atoms with van der Waals surface area (Å²) in [7, 11) is 0. The first-order valence-corrected chi connectivity index (χ1v) is 7.20. The zero-order valence-electron chi connectivity index (χ0n) is 10.5. The van der Waals surface area contributed by atoms with Gasteiger partial charge in [-0.3, -0.25) is 10.1 Å². The predicted molar refractivity (Wildman–Crippen MR) is 82.8 cm³/mol. The number of carboxylic acid groups (broad SMARTS) is 1. The molecule has 0 aliphatic carbocycles. The average molecular weight is 355 g/mol. The Kier molecular flexibility index (Phi) is 5.17. The Balaban J connectivity index is 2.19. The minimum absolute atomic E-state index is 0.469. The molecule has 1 unspecified atom stereocenters. The van der Waals surface area contributed by atoms with Crippen LogP contribution in [0.1, 0.15) is 17.2 Å². The number of carbonyl (C=O) groups is 1. The standard InChI is InChI=1S/C15H13BrClNO2/c16-13-7-6-11(17)8-12(13)14(15(19)20)18-9-10-4-2-1-3-5-10/h1-8,14,18H,9H2,(H,19,20). The van der Waals surface area contributed by atoms with Gasteiger partial charge < -0.3 is 5.11 Å². The monoisotopic (exact) mass is 353 g/mol. The zero-order chi connectivity index (χ0) is 14.5. The second-order valence-corrected chi connectivity index (χ2v) is 5.59. The van der Waals surface area contributed by atoms with Crippen LogP contribution in [-0.2, 0) is 11.3 Å². The maximum atomic E-state index is 11.5. The van der Waals surface area contributed by atoms with Gasteiger partial charge in [-0.05, 0) is 29.3 Å². The number of halogens is 2. The molecule has 1 atom stereocenters. The molecule has 2 aromatic rings. The van der Waals surface area contributed by atoms with E-state index in [1.165, 1.54) is 0 Å². The lowest BCUT2D eigenvalue weighted by Crippen LogP contribution is -2.28. The van der Waals surface area contributed by atoms with E-state index in [4.69, 9.17) is 11.6 Å². The molecule has 0 saturated carbocycles. The van der Waals surface area contributed by atoms with Crippen molar-refractivity contribution in [1.29, 1.82) is 0 Å². The molecule has 20 heavy (non-hydrogen) atoms. The second kappa shape index (κ2) is 6.88. The van der Waals surface area contributed by atoms with Gasteiger partial charge in [0.1, 0.15) is 6.04 Å². The molecule has 0 heterocycles. The lowest BCUT2D eigenvalue weighted by Gasteiger charge is -2.16. The minimum Gasteiger partial charge on any atom is -0.480 e. The van der Waals surface area contributed by atoms with Crippen molar-refractivity contribution >= 4 is 33.5 Å². The van der Waals surface area contributed by atoms with Crippen molar-refractivity contribution < 1.29 is 9.90 Å². The van der Waals surface area contributed by atoms with E-state index in [9.17, 15) is 9.90 Å². The first-order valence-electron chi connectivity index (χ1n) is 6.03. The van der Waals surface area contributed by atoms with Crippen LogP contribution in [0.5, 0.6) is 0 Å². The number of hydrogen-bond acceptors (Lipinski definition) is 2. The Morgan fingerprint density at radius 2 is 1.95 bits per heavy atom. The van der Waals surface area contributed by atoms with Gasteiger partial charge in [-0.2, -0.15) is 0 Å². The molecule has 2 rings (SSSR count). The van der Waals surface area contributed by atoms with E-state index in [0.717, 1.165) is 10.0 Å². The Morgan fingerprint density at radius 1 is 1.25 bits per heavy atom. The fraction of sp³-hybridized carbons (Fsp3) is 0.133. The zero-order valence-corrected chi connectivity index (χ0v) is 12.9. The summed E-state index contributed by atoms with van der Waals surface area (Å²) in [4.78, 5) is 11.5. The molecule has 2 N–H and O–H groups in total. The summed E-state index contributed by atoms with van der Waals surface area (Å²) in [5, 5.41) is 12.9. The van der Waals surface area contributed by atoms with E-state index < -0.39 is 12.0 Å². The first kappa shape index (κ1) is 15.0. The minimum atomic E-state index is -0.941. The summed E-state index contributed by atoms with van der Waals surface area (Å²) in [5.41, 5.74) is 1.64. The summed E-state index contributed by atoms with van der Waals surface area (Å²) in [6, 6.07) is 13.9. The number of hydrogen-bond donors (Lipinski definition) is 2. The van der Waals surface area contributed by atoms with E-state index in [1.807, 2.05) is 30.3 Å². The van der Waals surface area contributed by atoms with E-state index in [2.05, 4.69) is 21.2 Å². The van der Waals surface area contributed by atoms with Crippen LogP contribution in [0.2, 0.25) is 5.02 Å². The van der Waals surface area contributed by atoms with Crippen molar-refractivity contribution in [1.82, 2.24) is 5.32 Å². The fourth-order valence-corrected chi connectivity index (χ4v) is 2.54. The van der Waals surface area contributed by atoms with Gasteiger partial charge >= 0.3 is 5.97 Å². The average Bonchev–Trinajstić information content (AvgIpc) is 2.43. The lowest BCUT2D eigenvalue weighted by molar-refractivity contribution is -0.139. The largest absolute Gasteiger partial charge is 0.480 e. The SMILES string of the molecule is O=C(O)C(NCc1ccccc1)c1cc(Cl)ccc1Br. The van der Waals surface area contributed by atoms with Crippen molar-refractivity contribution in [3.8, 4) is 0 Å². The van der Waals surface area contributed by atoms with Crippen molar-refractivity contribution in [2.24, 2.45) is 0 Å². The number of nitrogens with one attached hydrogen (secondary N) is 1. The van der Waals surface area contributed by atoms with E-state index in [1.54, 1.807) is 18.2 Å². The Hall–Kier alpha value is -1.36. The topological polar surface area (TPSA) is 49.3 Å². The summed E-state index contributed by atoms with van der Waals surface area (Å²) in [6.07, 6.45) is 0. The molecule has 0 bridgehead atoms. The van der Waals surface area contributed by atoms with Crippen LogP contribution < -0.4 is 5.32 Å². The van der Waals surface area contributed by atoms with Gasteiger partial charge in [0.05, 0.1) is 0 Å². The van der Waals surface area contributed by atoms with Gasteiger partial charge in [-0.1, -0.05) is 57.9 Å². The molecular formula is C15H13BrClNO2. The molecule has 0 spiro atoms. The van der Waals surface area contributed by atoms with Crippen LogP contribution in [0.15, 0.2) is 53.0 Å². The summed E-state index contributed by atoms with van der Waals surface area (Å²) >= 11 is 9.30. The van der Waals surface area contributed by atoms with Crippen LogP contribution in [0.25, 0.3) is 0 Å². The molecular weight excluding hydrogens is 342 g/mol. The van der Waals surface area contributed by atoms with Crippen molar-refractivity contribution in [3.05, 3.63) is 69.2 Å². The second-order valence-electron chi connectivity index (χ2n) is 4.30. The van der Waals surface area contributed by atoms with Crippen LogP contribution in [0.4, 0.5) is 0 Å². The van der Waals surface area contributed by atoms with E-state index >= 15 is 0 Å². The Morgan fingerprint density at radius 3 is 2.60 bits per heavy atom. The molecule has 3 nitrogen and oxygen atoms in total. The van der Waals surface area contributed by atoms with Crippen LogP contribution >= 0.6 is 27.5 Å². The Bertz CT molecular complexity index is 604. The van der Waals surface area contributed by atoms with E-state index in [-0.39, 0.29) is 0 Å². The quantitative estimate of drug-likeness (QED) is 0.852. The maximum Gasteiger partial charge on any atom is 0.325 e. The van der Waals surface area contributed by atoms with Gasteiger partial charge in [0, 0.05) is 16.0 Å². The number of carboxylic acids is 1. The third-order valence-corrected chi connectivity index (χ3v) is 3.83. The van der Waals surface area contributed by atoms with Crippen LogP contribution in [-0.4, -0.2) is 11.1 Å². The smallest absolute Gasteiger partial charge is 0.325 e. The normalized spacial score (nSPS) is 12.1. The summed E-state index contributed by atoms with van der Waals surface area (Å²) < 4.78 is 0.717. The van der Waals surface area contributed by atoms with E-state index in [0.29, 0.717) is 17.1 Å². The molecule has 0 amide bonds. The lowest BCUT2D eigenvalue weighted by atomic mass is 10.1. The maximum absolute atomic E-state index is 11.5. The number of rotatable bonds is 5. The summed E-state index contributed by atoms with van der Waals surface area (Å²) in [6.45, 7) is 0.469. The molecule has 0 saturated heterocycles. The van der Waals surface area contributed by atoms with Crippen molar-refractivity contribution in [2.45, 2.75) is 12.6 Å². The third kappa shape index (κ3) is 3.82. The van der Waals surface area contributed by atoms with Crippen molar-refractivity contribution in [2.75, 3.05) is 0 Å². The predicted octanol–water partition coefficient (Wildman–Crippen LogP) is 4.02. The molecule has 104 valence electrons. The molecule has 0 fully saturated rings. The van der Waals surface area contributed by atoms with Gasteiger partial charge in [0.25, 0.3) is 0 Å². The highest BCUT2D eigenvalue weighted by atomic mass is 79.9. The Labute approximate surface area is 130 Å². The highest BCUT2D eigenvalue weighted by molar-refractivity contribution is 9.10. The number of benzene rings is 2. The van der Waals surface area contributed by atoms with Gasteiger partial charge in [0.2, 0.25) is 0 Å². The highest BCUT2D eigenvalue weighted by Crippen LogP contribution is 2.27. The van der Waals surface area contributed by atoms with Gasteiger partial charge in [0.15, 0.2) is 0 Å². The third-order valence-electron chi connectivity index (χ3n) is 2.87. The molecule has 0 aromatic heterocycles. The van der Waals surface area contributed by atoms with Gasteiger partial charge in [-0.25, -0.2) is 0 Å². The van der Waals surface area contributed by atoms with Gasteiger partial charge in [-0.15, -0.1) is 0 Å². The molecule has 2 aromatic carbocycles. The van der Waals surface area contributed by atoms with Crippen LogP contribution in [0, 0.1) is 0 Å². The van der Waals surface area contributed by atoms with Crippen LogP contribution in [0.3, 0.4) is 0 Å². The molecule has 0 radical (unpaired) electrons. The first-order chi connectivity index (χ1) is 9.58.